The van der Waals surface area contributed by atoms with Crippen molar-refractivity contribution in [2.24, 2.45) is 11.7 Å². The number of benzene rings is 1. The molecule has 1 aromatic rings. The number of carboxylic acids is 1. The SMILES string of the molecule is COc1cc(C[C@H](CN)C(=O)O)cc(OC)c1. The van der Waals surface area contributed by atoms with Crippen LogP contribution in [0.15, 0.2) is 18.2 Å². The highest BCUT2D eigenvalue weighted by Gasteiger charge is 2.16. The Morgan fingerprint density at radius 2 is 1.82 bits per heavy atom. The van der Waals surface area contributed by atoms with Crippen LogP contribution in [0.4, 0.5) is 0 Å². The summed E-state index contributed by atoms with van der Waals surface area (Å²) in [7, 11) is 3.10. The van der Waals surface area contributed by atoms with Gasteiger partial charge in [0.1, 0.15) is 11.5 Å². The van der Waals surface area contributed by atoms with Gasteiger partial charge in [0.2, 0.25) is 0 Å². The zero-order chi connectivity index (χ0) is 12.8. The van der Waals surface area contributed by atoms with E-state index in [0.29, 0.717) is 17.9 Å². The van der Waals surface area contributed by atoms with E-state index in [1.54, 1.807) is 32.4 Å². The number of aliphatic carboxylic acids is 1. The van der Waals surface area contributed by atoms with E-state index in [4.69, 9.17) is 20.3 Å². The molecule has 5 nitrogen and oxygen atoms in total. The first-order chi connectivity index (χ1) is 8.10. The molecule has 3 N–H and O–H groups in total. The second kappa shape index (κ2) is 6.10. The lowest BCUT2D eigenvalue weighted by Gasteiger charge is -2.12. The van der Waals surface area contributed by atoms with Crippen LogP contribution < -0.4 is 15.2 Å². The van der Waals surface area contributed by atoms with Gasteiger partial charge in [-0.05, 0) is 24.1 Å². The van der Waals surface area contributed by atoms with Crippen molar-refractivity contribution in [3.05, 3.63) is 23.8 Å². The van der Waals surface area contributed by atoms with Gasteiger partial charge in [-0.2, -0.15) is 0 Å². The van der Waals surface area contributed by atoms with Crippen LogP contribution in [0, 0.1) is 5.92 Å². The zero-order valence-corrected chi connectivity index (χ0v) is 9.97. The summed E-state index contributed by atoms with van der Waals surface area (Å²) in [4.78, 5) is 10.9. The first kappa shape index (κ1) is 13.3. The molecular weight excluding hydrogens is 222 g/mol. The van der Waals surface area contributed by atoms with Gasteiger partial charge in [-0.3, -0.25) is 4.79 Å². The number of carboxylic acid groups (broad SMARTS) is 1. The Hall–Kier alpha value is -1.75. The predicted molar refractivity (Wildman–Crippen MR) is 63.4 cm³/mol. The standard InChI is InChI=1S/C12H17NO4/c1-16-10-4-8(5-11(6-10)17-2)3-9(7-13)12(14)15/h4-6,9H,3,7,13H2,1-2H3,(H,14,15)/t9-/m1/s1. The normalized spacial score (nSPS) is 11.9. The molecule has 0 saturated carbocycles. The van der Waals surface area contributed by atoms with E-state index in [-0.39, 0.29) is 6.54 Å². The van der Waals surface area contributed by atoms with Crippen molar-refractivity contribution in [3.63, 3.8) is 0 Å². The van der Waals surface area contributed by atoms with Crippen molar-refractivity contribution in [2.45, 2.75) is 6.42 Å². The number of carbonyl (C=O) groups is 1. The minimum absolute atomic E-state index is 0.106. The van der Waals surface area contributed by atoms with Gasteiger partial charge in [-0.1, -0.05) is 0 Å². The smallest absolute Gasteiger partial charge is 0.308 e. The van der Waals surface area contributed by atoms with Crippen molar-refractivity contribution >= 4 is 5.97 Å². The topological polar surface area (TPSA) is 81.8 Å². The Morgan fingerprint density at radius 1 is 1.29 bits per heavy atom. The zero-order valence-electron chi connectivity index (χ0n) is 9.97. The Labute approximate surface area is 100 Å². The number of methoxy groups -OCH3 is 2. The van der Waals surface area contributed by atoms with Gasteiger partial charge in [0, 0.05) is 12.6 Å². The third kappa shape index (κ3) is 3.64. The molecule has 0 fully saturated rings. The predicted octanol–water partition coefficient (Wildman–Crippen LogP) is 0.906. The first-order valence-corrected chi connectivity index (χ1v) is 5.25. The van der Waals surface area contributed by atoms with E-state index in [1.165, 1.54) is 0 Å². The molecule has 0 saturated heterocycles. The van der Waals surface area contributed by atoms with Crippen LogP contribution in [0.3, 0.4) is 0 Å². The molecule has 0 radical (unpaired) electrons. The molecule has 94 valence electrons. The molecule has 17 heavy (non-hydrogen) atoms. The number of ether oxygens (including phenoxy) is 2. The van der Waals surface area contributed by atoms with Gasteiger partial charge in [-0.15, -0.1) is 0 Å². The quantitative estimate of drug-likeness (QED) is 0.771. The van der Waals surface area contributed by atoms with Gasteiger partial charge in [0.25, 0.3) is 0 Å². The van der Waals surface area contributed by atoms with Crippen LogP contribution in [0.25, 0.3) is 0 Å². The fourth-order valence-corrected chi connectivity index (χ4v) is 1.54. The van der Waals surface area contributed by atoms with Crippen molar-refractivity contribution in [2.75, 3.05) is 20.8 Å². The van der Waals surface area contributed by atoms with Crippen molar-refractivity contribution in [3.8, 4) is 11.5 Å². The average molecular weight is 239 g/mol. The molecule has 0 aliphatic carbocycles. The monoisotopic (exact) mass is 239 g/mol. The van der Waals surface area contributed by atoms with Crippen LogP contribution in [0.2, 0.25) is 0 Å². The van der Waals surface area contributed by atoms with Crippen molar-refractivity contribution in [1.29, 1.82) is 0 Å². The lowest BCUT2D eigenvalue weighted by atomic mass is 9.99. The van der Waals surface area contributed by atoms with Crippen LogP contribution in [-0.2, 0) is 11.2 Å². The number of nitrogens with two attached hydrogens (primary N) is 1. The summed E-state index contributed by atoms with van der Waals surface area (Å²) in [5.74, 6) is -0.206. The summed E-state index contributed by atoms with van der Waals surface area (Å²) in [6.07, 6.45) is 0.361. The Kier molecular flexibility index (Phi) is 4.78. The highest BCUT2D eigenvalue weighted by atomic mass is 16.5. The summed E-state index contributed by atoms with van der Waals surface area (Å²) < 4.78 is 10.2. The molecule has 0 amide bonds. The Balaban J connectivity index is 2.92. The van der Waals surface area contributed by atoms with Crippen LogP contribution in [0.5, 0.6) is 11.5 Å². The highest BCUT2D eigenvalue weighted by Crippen LogP contribution is 2.24. The van der Waals surface area contributed by atoms with Gasteiger partial charge in [-0.25, -0.2) is 0 Å². The second-order valence-electron chi connectivity index (χ2n) is 3.70. The molecule has 5 heteroatoms. The number of hydrogen-bond acceptors (Lipinski definition) is 4. The maximum absolute atomic E-state index is 10.9. The first-order valence-electron chi connectivity index (χ1n) is 5.25. The second-order valence-corrected chi connectivity index (χ2v) is 3.70. The molecule has 1 aromatic carbocycles. The molecule has 0 spiro atoms. The van der Waals surface area contributed by atoms with Gasteiger partial charge in [0.05, 0.1) is 20.1 Å². The molecule has 0 aliphatic rings. The average Bonchev–Trinajstić information content (AvgIpc) is 2.34. The fourth-order valence-electron chi connectivity index (χ4n) is 1.54. The maximum atomic E-state index is 10.9. The van der Waals surface area contributed by atoms with E-state index in [2.05, 4.69) is 0 Å². The van der Waals surface area contributed by atoms with Crippen LogP contribution in [0.1, 0.15) is 5.56 Å². The number of hydrogen-bond donors (Lipinski definition) is 2. The van der Waals surface area contributed by atoms with Crippen molar-refractivity contribution < 1.29 is 19.4 Å². The largest absolute Gasteiger partial charge is 0.497 e. The molecule has 0 bridgehead atoms. The van der Waals surface area contributed by atoms with E-state index in [9.17, 15) is 4.79 Å². The lowest BCUT2D eigenvalue weighted by molar-refractivity contribution is -0.141. The summed E-state index contributed by atoms with van der Waals surface area (Å²) in [6.45, 7) is 0.106. The molecule has 1 rings (SSSR count). The van der Waals surface area contributed by atoms with Crippen LogP contribution >= 0.6 is 0 Å². The van der Waals surface area contributed by atoms with E-state index in [1.807, 2.05) is 0 Å². The molecule has 1 atom stereocenters. The Bertz CT molecular complexity index is 370. The molecule has 0 aliphatic heterocycles. The summed E-state index contributed by atoms with van der Waals surface area (Å²) >= 11 is 0. The lowest BCUT2D eigenvalue weighted by Crippen LogP contribution is -2.25. The third-order valence-corrected chi connectivity index (χ3v) is 2.53. The van der Waals surface area contributed by atoms with Crippen LogP contribution in [-0.4, -0.2) is 31.8 Å². The molecular formula is C12H17NO4. The highest BCUT2D eigenvalue weighted by molar-refractivity contribution is 5.70. The summed E-state index contributed by atoms with van der Waals surface area (Å²) in [6, 6.07) is 5.31. The molecule has 0 heterocycles. The molecule has 0 aromatic heterocycles. The summed E-state index contributed by atoms with van der Waals surface area (Å²) in [5.41, 5.74) is 6.25. The van der Waals surface area contributed by atoms with E-state index in [0.717, 1.165) is 5.56 Å². The fraction of sp³-hybridized carbons (Fsp3) is 0.417. The maximum Gasteiger partial charge on any atom is 0.308 e. The minimum Gasteiger partial charge on any atom is -0.497 e. The Morgan fingerprint density at radius 3 is 2.18 bits per heavy atom. The van der Waals surface area contributed by atoms with E-state index < -0.39 is 11.9 Å². The van der Waals surface area contributed by atoms with Gasteiger partial charge >= 0.3 is 5.97 Å². The van der Waals surface area contributed by atoms with E-state index >= 15 is 0 Å². The van der Waals surface area contributed by atoms with Crippen molar-refractivity contribution in [1.82, 2.24) is 0 Å². The number of rotatable bonds is 6. The van der Waals surface area contributed by atoms with Gasteiger partial charge < -0.3 is 20.3 Å². The molecule has 0 unspecified atom stereocenters. The summed E-state index contributed by atoms with van der Waals surface area (Å²) in [5, 5.41) is 8.95. The minimum atomic E-state index is -0.894. The van der Waals surface area contributed by atoms with Gasteiger partial charge in [0.15, 0.2) is 0 Å². The third-order valence-electron chi connectivity index (χ3n) is 2.53.